The Hall–Kier alpha value is -3.16. The molecule has 0 atom stereocenters. The first-order valence-corrected chi connectivity index (χ1v) is 12.8. The molecular formula is C28H32N3O4+. The van der Waals surface area contributed by atoms with Crippen LogP contribution < -0.4 is 14.8 Å². The number of nitrogens with zero attached hydrogens (tertiary/aromatic N) is 2. The summed E-state index contributed by atoms with van der Waals surface area (Å²) in [4.78, 5) is 17.5. The van der Waals surface area contributed by atoms with Gasteiger partial charge >= 0.3 is 5.97 Å². The SMILES string of the molecule is O=C(O)c1c2c(cc3nc(-c4ccccc4)c(C[N+]4(C5CCNCC5)CCCCC4)cc13)OCO2. The number of piperidine rings is 2. The van der Waals surface area contributed by atoms with E-state index < -0.39 is 5.97 Å². The van der Waals surface area contributed by atoms with Gasteiger partial charge in [-0.2, -0.15) is 0 Å². The molecule has 2 saturated heterocycles. The fourth-order valence-electron chi connectivity index (χ4n) is 6.38. The molecule has 3 aliphatic heterocycles. The predicted molar refractivity (Wildman–Crippen MR) is 134 cm³/mol. The van der Waals surface area contributed by atoms with Crippen molar-refractivity contribution in [3.05, 3.63) is 53.6 Å². The topological polar surface area (TPSA) is 80.7 Å². The van der Waals surface area contributed by atoms with Gasteiger partial charge in [-0.25, -0.2) is 9.78 Å². The third-order valence-corrected chi connectivity index (χ3v) is 8.07. The van der Waals surface area contributed by atoms with Crippen molar-refractivity contribution < 1.29 is 23.9 Å². The normalized spacial score (nSPS) is 19.7. The molecular weight excluding hydrogens is 442 g/mol. The molecule has 0 bridgehead atoms. The van der Waals surface area contributed by atoms with Crippen LogP contribution >= 0.6 is 0 Å². The van der Waals surface area contributed by atoms with Crippen LogP contribution in [0.5, 0.6) is 11.5 Å². The highest BCUT2D eigenvalue weighted by atomic mass is 16.7. The average molecular weight is 475 g/mol. The molecule has 0 aliphatic carbocycles. The van der Waals surface area contributed by atoms with Crippen LogP contribution in [0.2, 0.25) is 0 Å². The molecule has 0 amide bonds. The number of aromatic carboxylic acids is 1. The van der Waals surface area contributed by atoms with Crippen molar-refractivity contribution in [3.8, 4) is 22.8 Å². The minimum Gasteiger partial charge on any atom is -0.478 e. The standard InChI is InChI=1S/C28H31N3O4/c32-28(33)25-22-15-20(17-31(13-5-2-6-14-31)21-9-11-29-12-10-21)26(19-7-3-1-4-8-19)30-23(22)16-24-27(25)35-18-34-24/h1,3-4,7-8,15-16,21,29H,2,5-6,9-14,17-18H2/p+1. The van der Waals surface area contributed by atoms with Gasteiger partial charge in [-0.05, 0) is 25.3 Å². The van der Waals surface area contributed by atoms with E-state index in [1.807, 2.05) is 24.3 Å². The summed E-state index contributed by atoms with van der Waals surface area (Å²) in [5.74, 6) is -0.258. The molecule has 7 heteroatoms. The van der Waals surface area contributed by atoms with Gasteiger partial charge < -0.3 is 24.4 Å². The molecule has 0 spiro atoms. The van der Waals surface area contributed by atoms with Crippen molar-refractivity contribution in [2.24, 2.45) is 0 Å². The Bertz CT molecular complexity index is 1250. The molecule has 4 heterocycles. The number of pyridine rings is 1. The van der Waals surface area contributed by atoms with Gasteiger partial charge in [0.05, 0.1) is 30.3 Å². The first-order chi connectivity index (χ1) is 17.1. The highest BCUT2D eigenvalue weighted by Gasteiger charge is 2.40. The van der Waals surface area contributed by atoms with Crippen molar-refractivity contribution in [2.75, 3.05) is 33.0 Å². The van der Waals surface area contributed by atoms with Crippen molar-refractivity contribution in [3.63, 3.8) is 0 Å². The van der Waals surface area contributed by atoms with E-state index in [0.717, 1.165) is 40.9 Å². The number of hydrogen-bond donors (Lipinski definition) is 2. The van der Waals surface area contributed by atoms with Crippen LogP contribution in [0, 0.1) is 0 Å². The third-order valence-electron chi connectivity index (χ3n) is 8.07. The van der Waals surface area contributed by atoms with Crippen molar-refractivity contribution in [1.82, 2.24) is 10.3 Å². The molecule has 6 rings (SSSR count). The summed E-state index contributed by atoms with van der Waals surface area (Å²) in [7, 11) is 0. The number of carbonyl (C=O) groups is 1. The molecule has 2 fully saturated rings. The average Bonchev–Trinajstić information content (AvgIpc) is 3.36. The van der Waals surface area contributed by atoms with E-state index in [4.69, 9.17) is 14.5 Å². The number of quaternary nitrogens is 1. The first-order valence-electron chi connectivity index (χ1n) is 12.8. The fourth-order valence-corrected chi connectivity index (χ4v) is 6.38. The molecule has 1 aromatic heterocycles. The van der Waals surface area contributed by atoms with Crippen LogP contribution in [-0.4, -0.2) is 59.6 Å². The molecule has 182 valence electrons. The Labute approximate surface area is 205 Å². The quantitative estimate of drug-likeness (QED) is 0.527. The van der Waals surface area contributed by atoms with Gasteiger partial charge in [0, 0.05) is 48.5 Å². The number of rotatable bonds is 5. The van der Waals surface area contributed by atoms with Gasteiger partial charge in [-0.3, -0.25) is 0 Å². The largest absolute Gasteiger partial charge is 0.478 e. The number of fused-ring (bicyclic) bond motifs is 2. The van der Waals surface area contributed by atoms with Gasteiger partial charge in [0.15, 0.2) is 11.5 Å². The van der Waals surface area contributed by atoms with Crippen molar-refractivity contribution in [2.45, 2.75) is 44.7 Å². The molecule has 2 aromatic carbocycles. The number of aromatic nitrogens is 1. The number of nitrogens with one attached hydrogen (secondary N) is 1. The van der Waals surface area contributed by atoms with Gasteiger partial charge in [0.25, 0.3) is 0 Å². The second-order valence-electron chi connectivity index (χ2n) is 10.1. The summed E-state index contributed by atoms with van der Waals surface area (Å²) < 4.78 is 12.2. The van der Waals surface area contributed by atoms with Crippen LogP contribution in [0.4, 0.5) is 0 Å². The Morgan fingerprint density at radius 2 is 1.83 bits per heavy atom. The Morgan fingerprint density at radius 1 is 1.06 bits per heavy atom. The van der Waals surface area contributed by atoms with Crippen LogP contribution in [-0.2, 0) is 6.54 Å². The maximum Gasteiger partial charge on any atom is 0.340 e. The maximum absolute atomic E-state index is 12.4. The van der Waals surface area contributed by atoms with E-state index in [1.54, 1.807) is 0 Å². The van der Waals surface area contributed by atoms with E-state index in [-0.39, 0.29) is 12.4 Å². The lowest BCUT2D eigenvalue weighted by atomic mass is 9.93. The second-order valence-corrected chi connectivity index (χ2v) is 10.1. The molecule has 0 unspecified atom stereocenters. The third kappa shape index (κ3) is 4.02. The van der Waals surface area contributed by atoms with Crippen molar-refractivity contribution >= 4 is 16.9 Å². The number of benzene rings is 2. The molecule has 3 aliphatic rings. The lowest BCUT2D eigenvalue weighted by Crippen LogP contribution is -2.60. The van der Waals surface area contributed by atoms with E-state index in [0.29, 0.717) is 28.4 Å². The summed E-state index contributed by atoms with van der Waals surface area (Å²) in [5.41, 5.74) is 3.88. The Balaban J connectivity index is 1.54. The summed E-state index contributed by atoms with van der Waals surface area (Å²) in [6.45, 7) is 5.37. The number of likely N-dealkylation sites (tertiary alicyclic amines) is 1. The molecule has 0 saturated carbocycles. The summed E-state index contributed by atoms with van der Waals surface area (Å²) in [5, 5.41) is 14.3. The van der Waals surface area contributed by atoms with E-state index in [9.17, 15) is 9.90 Å². The zero-order valence-electron chi connectivity index (χ0n) is 20.0. The van der Waals surface area contributed by atoms with Crippen LogP contribution in [0.15, 0.2) is 42.5 Å². The maximum atomic E-state index is 12.4. The summed E-state index contributed by atoms with van der Waals surface area (Å²) >= 11 is 0. The number of carboxylic acid groups (broad SMARTS) is 1. The van der Waals surface area contributed by atoms with Crippen LogP contribution in [0.1, 0.15) is 48.0 Å². The minimum atomic E-state index is -1.02. The number of ether oxygens (including phenoxy) is 2. The lowest BCUT2D eigenvalue weighted by molar-refractivity contribution is -0.968. The van der Waals surface area contributed by atoms with E-state index >= 15 is 0 Å². The number of hydrogen-bond acceptors (Lipinski definition) is 5. The van der Waals surface area contributed by atoms with Gasteiger partial charge in [-0.15, -0.1) is 0 Å². The van der Waals surface area contributed by atoms with Crippen LogP contribution in [0.25, 0.3) is 22.2 Å². The fraction of sp³-hybridized carbons (Fsp3) is 0.429. The molecule has 2 N–H and O–H groups in total. The second kappa shape index (κ2) is 9.13. The van der Waals surface area contributed by atoms with E-state index in [1.165, 1.54) is 45.2 Å². The Kier molecular flexibility index (Phi) is 5.82. The zero-order chi connectivity index (χ0) is 23.8. The summed E-state index contributed by atoms with van der Waals surface area (Å²) in [6.07, 6.45) is 6.13. The highest BCUT2D eigenvalue weighted by Crippen LogP contribution is 2.42. The molecule has 0 radical (unpaired) electrons. The van der Waals surface area contributed by atoms with Gasteiger partial charge in [0.1, 0.15) is 12.1 Å². The highest BCUT2D eigenvalue weighted by molar-refractivity contribution is 6.07. The molecule has 3 aromatic rings. The molecule has 7 nitrogen and oxygen atoms in total. The minimum absolute atomic E-state index is 0.0278. The van der Waals surface area contributed by atoms with Gasteiger partial charge in [0.2, 0.25) is 6.79 Å². The smallest absolute Gasteiger partial charge is 0.340 e. The monoisotopic (exact) mass is 474 g/mol. The first kappa shape index (κ1) is 22.3. The predicted octanol–water partition coefficient (Wildman–Crippen LogP) is 4.58. The summed E-state index contributed by atoms with van der Waals surface area (Å²) in [6, 6.07) is 14.8. The van der Waals surface area contributed by atoms with E-state index in [2.05, 4.69) is 23.5 Å². The van der Waals surface area contributed by atoms with Gasteiger partial charge in [-0.1, -0.05) is 30.3 Å². The van der Waals surface area contributed by atoms with Crippen molar-refractivity contribution in [1.29, 1.82) is 0 Å². The lowest BCUT2D eigenvalue weighted by Gasteiger charge is -2.49. The number of carboxylic acids is 1. The zero-order valence-corrected chi connectivity index (χ0v) is 20.0. The van der Waals surface area contributed by atoms with Crippen LogP contribution in [0.3, 0.4) is 0 Å². The molecule has 35 heavy (non-hydrogen) atoms. The Morgan fingerprint density at radius 3 is 2.57 bits per heavy atom.